The van der Waals surface area contributed by atoms with Gasteiger partial charge in [-0.05, 0) is 37.4 Å². The van der Waals surface area contributed by atoms with E-state index in [-0.39, 0.29) is 15.5 Å². The summed E-state index contributed by atoms with van der Waals surface area (Å²) >= 11 is 0. The zero-order valence-electron chi connectivity index (χ0n) is 34.8. The number of hydrogen-bond donors (Lipinski definition) is 1. The lowest BCUT2D eigenvalue weighted by Crippen LogP contribution is -2.26. The van der Waals surface area contributed by atoms with Gasteiger partial charge in [-0.25, -0.2) is 22.5 Å². The molecule has 0 spiro atoms. The number of fused-ring (bicyclic) bond motifs is 2. The molecule has 5 nitrogen and oxygen atoms in total. The quantitative estimate of drug-likeness (QED) is 0.197. The molecule has 2 aromatic rings. The van der Waals surface area contributed by atoms with Crippen LogP contribution in [0.3, 0.4) is 0 Å². The van der Waals surface area contributed by atoms with Crippen LogP contribution < -0.4 is 14.8 Å². The number of benzene rings is 3. The second-order valence-electron chi connectivity index (χ2n) is 8.58. The van der Waals surface area contributed by atoms with Crippen molar-refractivity contribution in [3.8, 4) is 22.5 Å². The van der Waals surface area contributed by atoms with Crippen molar-refractivity contribution < 1.29 is 48.1 Å². The van der Waals surface area contributed by atoms with Gasteiger partial charge in [0.05, 0.1) is 6.07 Å². The predicted molar refractivity (Wildman–Crippen MR) is 140 cm³/mol. The van der Waals surface area contributed by atoms with Gasteiger partial charge in [0.25, 0.3) is 0 Å². The molecule has 2 saturated heterocycles. The molecular formula is C30H28F3N2O3+. The van der Waals surface area contributed by atoms with Crippen LogP contribution in [0.4, 0.5) is 18.9 Å². The summed E-state index contributed by atoms with van der Waals surface area (Å²) in [5.41, 5.74) is -5.13. The molecular weight excluding hydrogens is 493 g/mol. The summed E-state index contributed by atoms with van der Waals surface area (Å²) in [5, 5.41) is 9.18. The molecule has 196 valence electrons. The first kappa shape index (κ1) is 12.8. The van der Waals surface area contributed by atoms with Crippen molar-refractivity contribution in [3.05, 3.63) is 70.3 Å². The van der Waals surface area contributed by atoms with Gasteiger partial charge in [-0.3, -0.25) is 0 Å². The summed E-state index contributed by atoms with van der Waals surface area (Å²) in [5.74, 6) is -10.6. The molecule has 3 aliphatic heterocycles. The fourth-order valence-corrected chi connectivity index (χ4v) is 4.45. The molecule has 0 radical (unpaired) electrons. The maximum Gasteiger partial charge on any atom is 0.339 e. The van der Waals surface area contributed by atoms with Crippen molar-refractivity contribution in [2.45, 2.75) is 33.0 Å². The molecule has 1 unspecified atom stereocenters. The Morgan fingerprint density at radius 1 is 1.11 bits per heavy atom. The fourth-order valence-electron chi connectivity index (χ4n) is 4.45. The van der Waals surface area contributed by atoms with Gasteiger partial charge < -0.3 is 14.4 Å². The van der Waals surface area contributed by atoms with Crippen LogP contribution >= 0.6 is 0 Å². The number of nitrogens with zero attached hydrogens (tertiary/aromatic N) is 2. The van der Waals surface area contributed by atoms with E-state index < -0.39 is 119 Å². The third-order valence-corrected chi connectivity index (χ3v) is 6.24. The van der Waals surface area contributed by atoms with Crippen molar-refractivity contribution in [2.75, 3.05) is 30.9 Å². The number of rotatable bonds is 3. The number of carboxylic acids is 1. The molecule has 0 bridgehead atoms. The Kier molecular flexibility index (Phi) is 3.10. The Balaban J connectivity index is 1.81. The van der Waals surface area contributed by atoms with Crippen LogP contribution in [0.5, 0.6) is 0 Å². The molecule has 0 amide bonds. The average Bonchev–Trinajstić information content (AvgIpc) is 3.15. The monoisotopic (exact) mass is 536 g/mol. The predicted octanol–water partition coefficient (Wildman–Crippen LogP) is 6.04. The van der Waals surface area contributed by atoms with E-state index in [9.17, 15) is 14.3 Å². The zero-order valence-corrected chi connectivity index (χ0v) is 19.8. The first-order valence-electron chi connectivity index (χ1n) is 18.7. The molecule has 0 saturated carbocycles. The Labute approximate surface area is 238 Å². The Morgan fingerprint density at radius 2 is 1.87 bits per heavy atom. The fraction of sp³-hybridized carbons (Fsp3) is 0.333. The maximum absolute atomic E-state index is 16.1. The average molecular weight is 537 g/mol. The summed E-state index contributed by atoms with van der Waals surface area (Å²) in [4.78, 5) is 12.7. The molecule has 1 N–H and O–H groups in total. The Bertz CT molecular complexity index is 2270. The molecule has 4 aliphatic rings. The largest absolute Gasteiger partial charge is 0.478 e. The smallest absolute Gasteiger partial charge is 0.339 e. The van der Waals surface area contributed by atoms with Gasteiger partial charge in [0.2, 0.25) is 5.36 Å². The number of carbonyl (C=O) groups is 1. The van der Waals surface area contributed by atoms with E-state index in [4.69, 9.17) is 25.0 Å². The Morgan fingerprint density at radius 3 is 2.55 bits per heavy atom. The highest BCUT2D eigenvalue weighted by atomic mass is 19.2. The minimum absolute atomic E-state index is 0.171. The van der Waals surface area contributed by atoms with Gasteiger partial charge in [-0.15, -0.1) is 0 Å². The highest BCUT2D eigenvalue weighted by Crippen LogP contribution is 2.45. The summed E-state index contributed by atoms with van der Waals surface area (Å²) in [6, 6.07) is 5.86. The van der Waals surface area contributed by atoms with Crippen molar-refractivity contribution in [2.24, 2.45) is 5.89 Å². The van der Waals surface area contributed by atoms with Crippen LogP contribution in [0.1, 0.15) is 62.5 Å². The Hall–Kier alpha value is -3.81. The lowest BCUT2D eigenvalue weighted by molar-refractivity contribution is 0.0691. The summed E-state index contributed by atoms with van der Waals surface area (Å²) in [7, 11) is 0. The van der Waals surface area contributed by atoms with E-state index in [1.807, 2.05) is 0 Å². The van der Waals surface area contributed by atoms with Crippen LogP contribution in [-0.4, -0.2) is 37.1 Å². The third-order valence-electron chi connectivity index (χ3n) is 6.24. The first-order chi connectivity index (χ1) is 23.9. The topological polar surface area (TPSA) is 56.7 Å². The molecule has 1 aliphatic carbocycles. The second kappa shape index (κ2) is 9.19. The molecule has 0 aromatic heterocycles. The number of hydrogen-bond acceptors (Lipinski definition) is 3. The van der Waals surface area contributed by atoms with Crippen LogP contribution in [0.2, 0.25) is 0 Å². The minimum atomic E-state index is -3.47. The highest BCUT2D eigenvalue weighted by Gasteiger charge is 2.32. The van der Waals surface area contributed by atoms with E-state index in [0.717, 1.165) is 50.2 Å². The molecule has 3 heterocycles. The van der Waals surface area contributed by atoms with Crippen LogP contribution in [0, 0.1) is 30.3 Å². The molecule has 6 rings (SSSR count). The minimum Gasteiger partial charge on any atom is -0.478 e. The van der Waals surface area contributed by atoms with Gasteiger partial charge in [0.15, 0.2) is 11.6 Å². The summed E-state index contributed by atoms with van der Waals surface area (Å²) < 4.78 is 178. The van der Waals surface area contributed by atoms with Gasteiger partial charge in [-0.1, -0.05) is 6.92 Å². The van der Waals surface area contributed by atoms with Crippen LogP contribution in [0.15, 0.2) is 40.8 Å². The molecule has 1 atom stereocenters. The SMILES string of the molecule is [2H]C1([2H])N(c2ccc3c(-c4c(F)c(C)c(F)c(F)c4C(=O)O)c4ccc(=[N+]5C([2H])([2H])C([2H])([2H])C([2H])([2H])C5([2H])[2H])cc-4oc3c2)C([2H])([2H])C([2H])(C)C1([2H])[2H]. The normalized spacial score (nSPS) is 34.8. The van der Waals surface area contributed by atoms with Crippen LogP contribution in [0.25, 0.3) is 33.4 Å². The van der Waals surface area contributed by atoms with Crippen LogP contribution in [-0.2, 0) is 0 Å². The highest BCUT2D eigenvalue weighted by molar-refractivity contribution is 6.08. The molecule has 2 aromatic carbocycles. The van der Waals surface area contributed by atoms with Crippen molar-refractivity contribution >= 4 is 22.6 Å². The summed E-state index contributed by atoms with van der Waals surface area (Å²) in [6.07, 6.45) is -10.1. The van der Waals surface area contributed by atoms with Crippen molar-refractivity contribution in [3.63, 3.8) is 0 Å². The first-order valence-corrected chi connectivity index (χ1v) is 11.2. The standard InChI is InChI=1S/C30H27F3N2O3/c1-16-9-12-35(15-16)19-6-8-21-23(14-19)38-22-13-18(34-10-3-4-11-34)5-7-20(22)24(21)25-26(30(36)37)29(33)28(32)17(2)27(25)31/h5-8,13-14,16H,3-4,9-12,15H2,1-2H3/p+1/i3D2,4D2,9D2,10D2,11D2,12D2,15D2,16D. The van der Waals surface area contributed by atoms with Gasteiger partial charge in [0.1, 0.15) is 41.2 Å². The number of anilines is 1. The maximum atomic E-state index is 16.1. The lowest BCUT2D eigenvalue weighted by atomic mass is 9.88. The van der Waals surface area contributed by atoms with E-state index in [0.29, 0.717) is 4.90 Å². The summed E-state index contributed by atoms with van der Waals surface area (Å²) in [6.45, 7) is -11.3. The van der Waals surface area contributed by atoms with Gasteiger partial charge in [0, 0.05) is 86.3 Å². The number of carboxylic acid groups (broad SMARTS) is 1. The second-order valence-corrected chi connectivity index (χ2v) is 8.58. The number of aromatic carboxylic acids is 1. The van der Waals surface area contributed by atoms with E-state index in [1.165, 1.54) is 0 Å². The van der Waals surface area contributed by atoms with E-state index >= 15 is 8.78 Å². The van der Waals surface area contributed by atoms with E-state index in [1.54, 1.807) is 0 Å². The zero-order chi connectivity index (χ0) is 40.2. The lowest BCUT2D eigenvalue weighted by Gasteiger charge is -2.21. The molecule has 8 heteroatoms. The van der Waals surface area contributed by atoms with Gasteiger partial charge >= 0.3 is 5.97 Å². The number of halogens is 3. The third kappa shape index (κ3) is 3.85. The molecule has 2 fully saturated rings. The molecule has 38 heavy (non-hydrogen) atoms. The van der Waals surface area contributed by atoms with Gasteiger partial charge in [-0.2, -0.15) is 0 Å². The van der Waals surface area contributed by atoms with Crippen molar-refractivity contribution in [1.82, 2.24) is 4.58 Å². The van der Waals surface area contributed by atoms with E-state index in [2.05, 4.69) is 0 Å². The van der Waals surface area contributed by atoms with Crippen molar-refractivity contribution in [1.29, 1.82) is 0 Å².